The number of aryl methyl sites for hydroxylation is 1. The van der Waals surface area contributed by atoms with Gasteiger partial charge in [-0.2, -0.15) is 0 Å². The van der Waals surface area contributed by atoms with Crippen molar-refractivity contribution in [3.05, 3.63) is 35.9 Å². The third-order valence-corrected chi connectivity index (χ3v) is 3.58. The Labute approximate surface area is 116 Å². The summed E-state index contributed by atoms with van der Waals surface area (Å²) in [5, 5.41) is 4.79. The lowest BCUT2D eigenvalue weighted by Crippen LogP contribution is -2.15. The molecule has 0 radical (unpaired) electrons. The molecule has 19 heavy (non-hydrogen) atoms. The molecule has 0 aliphatic heterocycles. The van der Waals surface area contributed by atoms with E-state index in [0.717, 1.165) is 17.7 Å². The third kappa shape index (κ3) is 3.71. The molecule has 0 aromatic carbocycles. The zero-order valence-corrected chi connectivity index (χ0v) is 11.5. The fourth-order valence-corrected chi connectivity index (χ4v) is 2.14. The fraction of sp³-hybridized carbons (Fsp3) is 0.385. The Morgan fingerprint density at radius 3 is 2.21 bits per heavy atom. The molecule has 6 heteroatoms. The predicted octanol–water partition coefficient (Wildman–Crippen LogP) is 1.98. The van der Waals surface area contributed by atoms with E-state index in [4.69, 9.17) is 0 Å². The summed E-state index contributed by atoms with van der Waals surface area (Å²) in [4.78, 5) is 17.1. The highest BCUT2D eigenvalue weighted by atomic mass is 32.2. The standard InChI is InChI=1S/C13H15N5S/c1-9-4-15-12(16-5-9)19-13-17-7-10(8-18-13)6-14-11-2-3-11/h4-5,7-8,11,14H,2-3,6H2,1H3. The number of aromatic nitrogens is 4. The Kier molecular flexibility index (Phi) is 3.70. The van der Waals surface area contributed by atoms with Crippen LogP contribution in [0.15, 0.2) is 35.1 Å². The van der Waals surface area contributed by atoms with Crippen LogP contribution in [0, 0.1) is 6.92 Å². The van der Waals surface area contributed by atoms with Crippen molar-refractivity contribution in [3.63, 3.8) is 0 Å². The van der Waals surface area contributed by atoms with Gasteiger partial charge < -0.3 is 5.32 Å². The van der Waals surface area contributed by atoms with Gasteiger partial charge in [0.05, 0.1) is 0 Å². The average Bonchev–Trinajstić information content (AvgIpc) is 3.25. The van der Waals surface area contributed by atoms with Crippen LogP contribution in [0.4, 0.5) is 0 Å². The van der Waals surface area contributed by atoms with Crippen LogP contribution in [-0.2, 0) is 6.54 Å². The minimum absolute atomic E-state index is 0.675. The molecule has 0 atom stereocenters. The molecule has 3 rings (SSSR count). The minimum atomic E-state index is 0.675. The van der Waals surface area contributed by atoms with Gasteiger partial charge in [-0.25, -0.2) is 19.9 Å². The molecule has 2 aromatic rings. The molecule has 1 aliphatic carbocycles. The van der Waals surface area contributed by atoms with E-state index >= 15 is 0 Å². The highest BCUT2D eigenvalue weighted by Crippen LogP contribution is 2.21. The quantitative estimate of drug-likeness (QED) is 0.840. The van der Waals surface area contributed by atoms with E-state index in [1.54, 1.807) is 12.4 Å². The summed E-state index contributed by atoms with van der Waals surface area (Å²) in [7, 11) is 0. The maximum absolute atomic E-state index is 4.33. The number of rotatable bonds is 5. The molecule has 0 saturated heterocycles. The van der Waals surface area contributed by atoms with Crippen LogP contribution in [-0.4, -0.2) is 26.0 Å². The van der Waals surface area contributed by atoms with Crippen LogP contribution in [0.1, 0.15) is 24.0 Å². The highest BCUT2D eigenvalue weighted by molar-refractivity contribution is 7.99. The lowest BCUT2D eigenvalue weighted by Gasteiger charge is -2.03. The maximum Gasteiger partial charge on any atom is 0.195 e. The second kappa shape index (κ2) is 5.63. The van der Waals surface area contributed by atoms with Gasteiger partial charge in [-0.1, -0.05) is 0 Å². The fourth-order valence-electron chi connectivity index (χ4n) is 1.55. The van der Waals surface area contributed by atoms with Crippen molar-refractivity contribution in [2.45, 2.75) is 42.7 Å². The van der Waals surface area contributed by atoms with Gasteiger partial charge in [-0.3, -0.25) is 0 Å². The summed E-state index contributed by atoms with van der Waals surface area (Å²) in [5.74, 6) is 0. The van der Waals surface area contributed by atoms with E-state index in [2.05, 4.69) is 25.3 Å². The van der Waals surface area contributed by atoms with Crippen LogP contribution in [0.5, 0.6) is 0 Å². The molecule has 0 spiro atoms. The first kappa shape index (κ1) is 12.5. The van der Waals surface area contributed by atoms with Crippen LogP contribution in [0.25, 0.3) is 0 Å². The van der Waals surface area contributed by atoms with Gasteiger partial charge >= 0.3 is 0 Å². The second-order valence-electron chi connectivity index (χ2n) is 4.67. The van der Waals surface area contributed by atoms with Crippen LogP contribution in [0.3, 0.4) is 0 Å². The van der Waals surface area contributed by atoms with Gasteiger partial charge in [0, 0.05) is 42.9 Å². The molecule has 0 unspecified atom stereocenters. The first-order valence-corrected chi connectivity index (χ1v) is 7.12. The smallest absolute Gasteiger partial charge is 0.195 e. The van der Waals surface area contributed by atoms with Crippen molar-refractivity contribution in [2.75, 3.05) is 0 Å². The number of hydrogen-bond donors (Lipinski definition) is 1. The maximum atomic E-state index is 4.33. The minimum Gasteiger partial charge on any atom is -0.310 e. The molecule has 98 valence electrons. The topological polar surface area (TPSA) is 63.6 Å². The van der Waals surface area contributed by atoms with E-state index < -0.39 is 0 Å². The summed E-state index contributed by atoms with van der Waals surface area (Å²) < 4.78 is 0. The summed E-state index contributed by atoms with van der Waals surface area (Å²) in [5.41, 5.74) is 2.16. The molecular formula is C13H15N5S. The van der Waals surface area contributed by atoms with E-state index in [-0.39, 0.29) is 0 Å². The highest BCUT2D eigenvalue weighted by Gasteiger charge is 2.19. The summed E-state index contributed by atoms with van der Waals surface area (Å²) >= 11 is 1.38. The van der Waals surface area contributed by atoms with Gasteiger partial charge in [-0.05, 0) is 37.1 Å². The monoisotopic (exact) mass is 273 g/mol. The van der Waals surface area contributed by atoms with Crippen molar-refractivity contribution in [1.29, 1.82) is 0 Å². The summed E-state index contributed by atoms with van der Waals surface area (Å²) in [6.07, 6.45) is 9.89. The van der Waals surface area contributed by atoms with Gasteiger partial charge in [0.1, 0.15) is 0 Å². The molecule has 1 aliphatic rings. The van der Waals surface area contributed by atoms with Crippen molar-refractivity contribution in [1.82, 2.24) is 25.3 Å². The molecule has 0 bridgehead atoms. The van der Waals surface area contributed by atoms with Crippen LogP contribution >= 0.6 is 11.8 Å². The van der Waals surface area contributed by atoms with Crippen molar-refractivity contribution >= 4 is 11.8 Å². The Hall–Kier alpha value is -1.53. The lowest BCUT2D eigenvalue weighted by molar-refractivity contribution is 0.680. The zero-order valence-electron chi connectivity index (χ0n) is 10.7. The predicted molar refractivity (Wildman–Crippen MR) is 72.8 cm³/mol. The Morgan fingerprint density at radius 2 is 1.63 bits per heavy atom. The number of nitrogens with one attached hydrogen (secondary N) is 1. The molecule has 2 aromatic heterocycles. The normalized spacial score (nSPS) is 14.6. The van der Waals surface area contributed by atoms with Crippen molar-refractivity contribution < 1.29 is 0 Å². The number of nitrogens with zero attached hydrogens (tertiary/aromatic N) is 4. The lowest BCUT2D eigenvalue weighted by atomic mass is 10.3. The Bertz CT molecular complexity index is 536. The average molecular weight is 273 g/mol. The van der Waals surface area contributed by atoms with Gasteiger partial charge in [0.2, 0.25) is 0 Å². The number of hydrogen-bond acceptors (Lipinski definition) is 6. The first-order valence-electron chi connectivity index (χ1n) is 6.30. The largest absolute Gasteiger partial charge is 0.310 e. The summed E-state index contributed by atoms with van der Waals surface area (Å²) in [6, 6.07) is 0.704. The second-order valence-corrected chi connectivity index (χ2v) is 5.61. The van der Waals surface area contributed by atoms with Crippen LogP contribution in [0.2, 0.25) is 0 Å². The van der Waals surface area contributed by atoms with Crippen molar-refractivity contribution in [3.8, 4) is 0 Å². The molecule has 1 saturated carbocycles. The van der Waals surface area contributed by atoms with Gasteiger partial charge in [-0.15, -0.1) is 0 Å². The van der Waals surface area contributed by atoms with Crippen LogP contribution < -0.4 is 5.32 Å². The van der Waals surface area contributed by atoms with E-state index in [1.165, 1.54) is 24.6 Å². The first-order chi connectivity index (χ1) is 9.29. The summed E-state index contributed by atoms with van der Waals surface area (Å²) in [6.45, 7) is 2.81. The third-order valence-electron chi connectivity index (χ3n) is 2.79. The Balaban J connectivity index is 1.59. The van der Waals surface area contributed by atoms with E-state index in [1.807, 2.05) is 19.3 Å². The molecule has 1 fully saturated rings. The SMILES string of the molecule is Cc1cnc(Sc2ncc(CNC3CC3)cn2)nc1. The van der Waals surface area contributed by atoms with Gasteiger partial charge in [0.25, 0.3) is 0 Å². The molecule has 0 amide bonds. The Morgan fingerprint density at radius 1 is 1.05 bits per heavy atom. The molecule has 1 N–H and O–H groups in total. The van der Waals surface area contributed by atoms with Gasteiger partial charge in [0.15, 0.2) is 10.3 Å². The van der Waals surface area contributed by atoms with E-state index in [9.17, 15) is 0 Å². The molecule has 5 nitrogen and oxygen atoms in total. The molecular weight excluding hydrogens is 258 g/mol. The molecule has 2 heterocycles. The van der Waals surface area contributed by atoms with Crippen molar-refractivity contribution in [2.24, 2.45) is 0 Å². The van der Waals surface area contributed by atoms with E-state index in [0.29, 0.717) is 16.4 Å². The zero-order chi connectivity index (χ0) is 13.1.